The topological polar surface area (TPSA) is 55.7 Å². The molecule has 0 spiro atoms. The van der Waals surface area contributed by atoms with E-state index in [1.807, 2.05) is 48.5 Å². The summed E-state index contributed by atoms with van der Waals surface area (Å²) in [5.74, 6) is 0.315. The van der Waals surface area contributed by atoms with E-state index in [1.165, 1.54) is 12.1 Å². The van der Waals surface area contributed by atoms with Crippen molar-refractivity contribution in [3.05, 3.63) is 102 Å². The van der Waals surface area contributed by atoms with Gasteiger partial charge in [-0.05, 0) is 35.4 Å². The van der Waals surface area contributed by atoms with Gasteiger partial charge in [-0.1, -0.05) is 48.5 Å². The van der Waals surface area contributed by atoms with Crippen molar-refractivity contribution in [2.45, 2.75) is 18.9 Å². The van der Waals surface area contributed by atoms with E-state index in [2.05, 4.69) is 33.1 Å². The van der Waals surface area contributed by atoms with Crippen LogP contribution in [0, 0.1) is 5.82 Å². The highest BCUT2D eigenvalue weighted by Gasteiger charge is 2.25. The minimum atomic E-state index is -0.248. The summed E-state index contributed by atoms with van der Waals surface area (Å²) in [6.45, 7) is 5.29. The third-order valence-corrected chi connectivity index (χ3v) is 7.22. The second kappa shape index (κ2) is 12.2. The van der Waals surface area contributed by atoms with Gasteiger partial charge in [-0.25, -0.2) is 4.39 Å². The molecule has 1 amide bonds. The molecule has 3 aromatic carbocycles. The molecule has 0 aliphatic carbocycles. The lowest BCUT2D eigenvalue weighted by Gasteiger charge is -2.26. The van der Waals surface area contributed by atoms with Crippen LogP contribution in [0.3, 0.4) is 0 Å². The number of carbonyl (C=O) groups is 1. The number of morpholine rings is 1. The molecule has 38 heavy (non-hydrogen) atoms. The van der Waals surface area contributed by atoms with Gasteiger partial charge in [0, 0.05) is 67.7 Å². The van der Waals surface area contributed by atoms with Crippen molar-refractivity contribution < 1.29 is 18.7 Å². The molecule has 0 bridgehead atoms. The van der Waals surface area contributed by atoms with E-state index < -0.39 is 0 Å². The van der Waals surface area contributed by atoms with Gasteiger partial charge in [-0.2, -0.15) is 0 Å². The Hall–Kier alpha value is -3.68. The number of hydrogen-bond acceptors (Lipinski definition) is 4. The number of methoxy groups -OCH3 is 1. The molecule has 198 valence electrons. The van der Waals surface area contributed by atoms with Gasteiger partial charge in [-0.15, -0.1) is 0 Å². The Bertz CT molecular complexity index is 1360. The van der Waals surface area contributed by atoms with Gasteiger partial charge in [0.15, 0.2) is 0 Å². The number of nitrogens with zero attached hydrogens (tertiary/aromatic N) is 2. The number of fused-ring (bicyclic) bond motifs is 1. The first-order chi connectivity index (χ1) is 18.6. The number of carbonyl (C=O) groups excluding carboxylic acids is 1. The summed E-state index contributed by atoms with van der Waals surface area (Å²) in [7, 11) is 1.66. The molecule has 1 aliphatic rings. The predicted molar refractivity (Wildman–Crippen MR) is 147 cm³/mol. The molecule has 1 N–H and O–H groups in total. The highest BCUT2D eigenvalue weighted by atomic mass is 19.1. The number of amides is 1. The normalized spacial score (nSPS) is 14.9. The van der Waals surface area contributed by atoms with Crippen molar-refractivity contribution in [2.75, 3.05) is 46.5 Å². The van der Waals surface area contributed by atoms with Crippen molar-refractivity contribution >= 4 is 16.8 Å². The first-order valence-electron chi connectivity index (χ1n) is 13.1. The average molecular weight is 516 g/mol. The lowest BCUT2D eigenvalue weighted by molar-refractivity contribution is -0.121. The van der Waals surface area contributed by atoms with Crippen molar-refractivity contribution in [1.29, 1.82) is 0 Å². The zero-order valence-corrected chi connectivity index (χ0v) is 21.7. The standard InChI is InChI=1S/C31H34FN3O3/c1-37-30-9-5-3-7-26(30)27(20-31(36)33-14-15-34-16-18-38-19-17-34)28-22-35(29-8-4-2-6-25(28)29)21-23-10-12-24(32)13-11-23/h2-13,22,27H,14-21H2,1H3,(H,33,36)/t27-/m0/s1. The molecule has 1 aromatic heterocycles. The molecule has 0 saturated carbocycles. The highest BCUT2D eigenvalue weighted by molar-refractivity contribution is 5.87. The van der Waals surface area contributed by atoms with E-state index in [0.29, 0.717) is 19.5 Å². The molecule has 1 aliphatic heterocycles. The summed E-state index contributed by atoms with van der Waals surface area (Å²) in [5.41, 5.74) is 4.12. The molecule has 1 atom stereocenters. The van der Waals surface area contributed by atoms with Gasteiger partial charge in [0.05, 0.1) is 20.3 Å². The molecule has 7 heteroatoms. The van der Waals surface area contributed by atoms with Gasteiger partial charge in [0.2, 0.25) is 5.91 Å². The Morgan fingerprint density at radius 2 is 1.74 bits per heavy atom. The van der Waals surface area contributed by atoms with Crippen LogP contribution in [0.2, 0.25) is 0 Å². The number of hydrogen-bond donors (Lipinski definition) is 1. The molecule has 1 fully saturated rings. The van der Waals surface area contributed by atoms with Gasteiger partial charge in [0.25, 0.3) is 0 Å². The monoisotopic (exact) mass is 515 g/mol. The fourth-order valence-corrected chi connectivity index (χ4v) is 5.25. The van der Waals surface area contributed by atoms with Gasteiger partial charge < -0.3 is 19.4 Å². The summed E-state index contributed by atoms with van der Waals surface area (Å²) >= 11 is 0. The first-order valence-corrected chi connectivity index (χ1v) is 13.1. The van der Waals surface area contributed by atoms with Crippen LogP contribution in [-0.2, 0) is 16.1 Å². The molecule has 0 radical (unpaired) electrons. The van der Waals surface area contributed by atoms with Crippen LogP contribution in [0.1, 0.15) is 29.0 Å². The zero-order chi connectivity index (χ0) is 26.3. The van der Waals surface area contributed by atoms with Crippen LogP contribution in [0.15, 0.2) is 79.0 Å². The summed E-state index contributed by atoms with van der Waals surface area (Å²) in [6, 6.07) is 22.7. The fourth-order valence-electron chi connectivity index (χ4n) is 5.25. The zero-order valence-electron chi connectivity index (χ0n) is 21.7. The third kappa shape index (κ3) is 6.06. The van der Waals surface area contributed by atoms with Gasteiger partial charge in [0.1, 0.15) is 11.6 Å². The fraction of sp³-hybridized carbons (Fsp3) is 0.323. The van der Waals surface area contributed by atoms with Crippen LogP contribution < -0.4 is 10.1 Å². The Balaban J connectivity index is 1.44. The van der Waals surface area contributed by atoms with E-state index in [1.54, 1.807) is 7.11 Å². The smallest absolute Gasteiger partial charge is 0.220 e. The number of ether oxygens (including phenoxy) is 2. The second-order valence-corrected chi connectivity index (χ2v) is 9.66. The average Bonchev–Trinajstić information content (AvgIpc) is 3.31. The van der Waals surface area contributed by atoms with E-state index in [-0.39, 0.29) is 17.6 Å². The Kier molecular flexibility index (Phi) is 8.36. The van der Waals surface area contributed by atoms with Crippen molar-refractivity contribution in [3.8, 4) is 5.75 Å². The lowest BCUT2D eigenvalue weighted by Crippen LogP contribution is -2.41. The predicted octanol–water partition coefficient (Wildman–Crippen LogP) is 4.81. The summed E-state index contributed by atoms with van der Waals surface area (Å²) < 4.78 is 26.8. The molecule has 2 heterocycles. The van der Waals surface area contributed by atoms with Crippen molar-refractivity contribution in [2.24, 2.45) is 0 Å². The molecular weight excluding hydrogens is 481 g/mol. The van der Waals surface area contributed by atoms with E-state index in [4.69, 9.17) is 9.47 Å². The second-order valence-electron chi connectivity index (χ2n) is 9.66. The molecular formula is C31H34FN3O3. The lowest BCUT2D eigenvalue weighted by atomic mass is 9.87. The number of para-hydroxylation sites is 2. The Labute approximate surface area is 223 Å². The molecule has 6 nitrogen and oxygen atoms in total. The van der Waals surface area contributed by atoms with E-state index >= 15 is 0 Å². The number of halogens is 1. The number of rotatable bonds is 10. The summed E-state index contributed by atoms with van der Waals surface area (Å²) in [6.07, 6.45) is 2.43. The molecule has 0 unspecified atom stereocenters. The maximum atomic E-state index is 13.5. The highest BCUT2D eigenvalue weighted by Crippen LogP contribution is 2.38. The molecule has 5 rings (SSSR count). The van der Waals surface area contributed by atoms with Crippen molar-refractivity contribution in [1.82, 2.24) is 14.8 Å². The largest absolute Gasteiger partial charge is 0.496 e. The Morgan fingerprint density at radius 1 is 1.00 bits per heavy atom. The van der Waals surface area contributed by atoms with Crippen LogP contribution in [0.25, 0.3) is 10.9 Å². The van der Waals surface area contributed by atoms with Gasteiger partial charge in [-0.3, -0.25) is 9.69 Å². The minimum Gasteiger partial charge on any atom is -0.496 e. The summed E-state index contributed by atoms with van der Waals surface area (Å²) in [4.78, 5) is 15.6. The number of nitrogens with one attached hydrogen (secondary N) is 1. The minimum absolute atomic E-state index is 0.00420. The number of benzene rings is 3. The quantitative estimate of drug-likeness (QED) is 0.330. The van der Waals surface area contributed by atoms with E-state index in [9.17, 15) is 9.18 Å². The first kappa shape index (κ1) is 25.9. The third-order valence-electron chi connectivity index (χ3n) is 7.22. The SMILES string of the molecule is COc1ccccc1[C@H](CC(=O)NCCN1CCOCC1)c1cn(Cc2ccc(F)cc2)c2ccccc12. The van der Waals surface area contributed by atoms with Crippen LogP contribution in [0.4, 0.5) is 4.39 Å². The number of aromatic nitrogens is 1. The van der Waals surface area contributed by atoms with E-state index in [0.717, 1.165) is 66.2 Å². The molecule has 1 saturated heterocycles. The maximum Gasteiger partial charge on any atom is 0.220 e. The Morgan fingerprint density at radius 3 is 2.53 bits per heavy atom. The summed E-state index contributed by atoms with van der Waals surface area (Å²) in [5, 5.41) is 4.22. The molecule has 4 aromatic rings. The van der Waals surface area contributed by atoms with Crippen LogP contribution in [0.5, 0.6) is 5.75 Å². The van der Waals surface area contributed by atoms with Crippen molar-refractivity contribution in [3.63, 3.8) is 0 Å². The van der Waals surface area contributed by atoms with Crippen LogP contribution >= 0.6 is 0 Å². The van der Waals surface area contributed by atoms with Gasteiger partial charge >= 0.3 is 0 Å². The maximum absolute atomic E-state index is 13.5. The van der Waals surface area contributed by atoms with Crippen LogP contribution in [-0.4, -0.2) is 61.9 Å².